The smallest absolute Gasteiger partial charge is 0.228 e. The molecule has 0 aromatic rings. The maximum atomic E-state index is 12.9. The average molecular weight is 266 g/mol. The molecule has 0 atom stereocenters. The highest BCUT2D eigenvalue weighted by molar-refractivity contribution is 5.82. The van der Waals surface area contributed by atoms with Crippen LogP contribution in [0.15, 0.2) is 0 Å². The maximum Gasteiger partial charge on any atom is 0.228 e. The maximum absolute atomic E-state index is 12.9. The van der Waals surface area contributed by atoms with Crippen molar-refractivity contribution in [2.75, 3.05) is 13.6 Å². The third-order valence-electron chi connectivity index (χ3n) is 4.96. The highest BCUT2D eigenvalue weighted by Crippen LogP contribution is 2.44. The number of hydrogen-bond donors (Lipinski definition) is 1. The highest BCUT2D eigenvalue weighted by atomic mass is 16.2. The summed E-state index contributed by atoms with van der Waals surface area (Å²) >= 11 is 0. The van der Waals surface area contributed by atoms with E-state index in [9.17, 15) is 4.79 Å². The Morgan fingerprint density at radius 1 is 1.32 bits per heavy atom. The first-order valence-corrected chi connectivity index (χ1v) is 7.94. The first kappa shape index (κ1) is 14.8. The molecule has 0 aliphatic heterocycles. The molecule has 0 saturated heterocycles. The number of rotatable bonds is 5. The van der Waals surface area contributed by atoms with Gasteiger partial charge in [-0.05, 0) is 43.9 Å². The Kier molecular flexibility index (Phi) is 4.54. The largest absolute Gasteiger partial charge is 0.345 e. The summed E-state index contributed by atoms with van der Waals surface area (Å²) in [6.45, 7) is 5.38. The molecule has 19 heavy (non-hydrogen) atoms. The van der Waals surface area contributed by atoms with Gasteiger partial charge in [0.05, 0.1) is 0 Å². The summed E-state index contributed by atoms with van der Waals surface area (Å²) in [6.07, 6.45) is 7.88. The van der Waals surface area contributed by atoms with E-state index in [-0.39, 0.29) is 5.41 Å². The Morgan fingerprint density at radius 2 is 1.89 bits per heavy atom. The molecule has 0 unspecified atom stereocenters. The molecule has 110 valence electrons. The molecule has 2 saturated carbocycles. The number of nitrogens with two attached hydrogens (primary N) is 1. The van der Waals surface area contributed by atoms with Gasteiger partial charge in [0.25, 0.3) is 0 Å². The van der Waals surface area contributed by atoms with E-state index in [2.05, 4.69) is 13.8 Å². The number of carbonyl (C=O) groups is 1. The SMILES string of the molecule is CC(C)CC1(C(=O)N(C)CC2CC(N)C2)CCCC1. The van der Waals surface area contributed by atoms with Crippen molar-refractivity contribution in [3.05, 3.63) is 0 Å². The molecule has 0 aromatic heterocycles. The van der Waals surface area contributed by atoms with E-state index in [0.717, 1.165) is 38.6 Å². The summed E-state index contributed by atoms with van der Waals surface area (Å²) in [5, 5.41) is 0. The zero-order valence-corrected chi connectivity index (χ0v) is 12.8. The van der Waals surface area contributed by atoms with Gasteiger partial charge >= 0.3 is 0 Å². The van der Waals surface area contributed by atoms with Crippen molar-refractivity contribution < 1.29 is 4.79 Å². The van der Waals surface area contributed by atoms with Gasteiger partial charge in [-0.15, -0.1) is 0 Å². The molecule has 3 heteroatoms. The van der Waals surface area contributed by atoms with Gasteiger partial charge in [-0.2, -0.15) is 0 Å². The summed E-state index contributed by atoms with van der Waals surface area (Å²) in [6, 6.07) is 0.379. The van der Waals surface area contributed by atoms with E-state index >= 15 is 0 Å². The van der Waals surface area contributed by atoms with E-state index < -0.39 is 0 Å². The molecule has 2 aliphatic rings. The lowest BCUT2D eigenvalue weighted by Crippen LogP contribution is -2.47. The lowest BCUT2D eigenvalue weighted by atomic mass is 9.76. The normalized spacial score (nSPS) is 29.3. The summed E-state index contributed by atoms with van der Waals surface area (Å²) in [7, 11) is 1.99. The number of nitrogens with zero attached hydrogens (tertiary/aromatic N) is 1. The molecular formula is C16H30N2O. The standard InChI is InChI=1S/C16H30N2O/c1-12(2)10-16(6-4-5-7-16)15(19)18(3)11-13-8-14(17)9-13/h12-14H,4-11,17H2,1-3H3. The molecule has 1 amide bonds. The third-order valence-corrected chi connectivity index (χ3v) is 4.96. The van der Waals surface area contributed by atoms with Gasteiger partial charge in [-0.1, -0.05) is 26.7 Å². The summed E-state index contributed by atoms with van der Waals surface area (Å²) in [4.78, 5) is 14.9. The first-order valence-electron chi connectivity index (χ1n) is 7.94. The van der Waals surface area contributed by atoms with Crippen molar-refractivity contribution in [3.8, 4) is 0 Å². The van der Waals surface area contributed by atoms with Gasteiger partial charge in [0.1, 0.15) is 0 Å². The van der Waals surface area contributed by atoms with Crippen LogP contribution in [0.2, 0.25) is 0 Å². The Morgan fingerprint density at radius 3 is 2.37 bits per heavy atom. The Hall–Kier alpha value is -0.570. The van der Waals surface area contributed by atoms with Gasteiger partial charge < -0.3 is 10.6 Å². The second-order valence-electron chi connectivity index (χ2n) is 7.37. The Bertz CT molecular complexity index is 315. The van der Waals surface area contributed by atoms with E-state index in [1.807, 2.05) is 11.9 Å². The van der Waals surface area contributed by atoms with Crippen LogP contribution in [0, 0.1) is 17.3 Å². The lowest BCUT2D eigenvalue weighted by molar-refractivity contribution is -0.142. The predicted molar refractivity (Wildman–Crippen MR) is 78.7 cm³/mol. The van der Waals surface area contributed by atoms with Gasteiger partial charge in [0.15, 0.2) is 0 Å². The zero-order chi connectivity index (χ0) is 14.0. The predicted octanol–water partition coefficient (Wildman–Crippen LogP) is 2.79. The fraction of sp³-hybridized carbons (Fsp3) is 0.938. The second kappa shape index (κ2) is 5.82. The van der Waals surface area contributed by atoms with Crippen LogP contribution in [0.5, 0.6) is 0 Å². The van der Waals surface area contributed by atoms with Crippen molar-refractivity contribution >= 4 is 5.91 Å². The fourth-order valence-electron chi connectivity index (χ4n) is 4.15. The van der Waals surface area contributed by atoms with Gasteiger partial charge in [-0.3, -0.25) is 4.79 Å². The topological polar surface area (TPSA) is 46.3 Å². The van der Waals surface area contributed by atoms with Crippen LogP contribution in [0.3, 0.4) is 0 Å². The quantitative estimate of drug-likeness (QED) is 0.831. The van der Waals surface area contributed by atoms with Crippen molar-refractivity contribution in [2.24, 2.45) is 23.0 Å². The molecule has 2 rings (SSSR count). The first-order chi connectivity index (χ1) is 8.93. The molecule has 3 nitrogen and oxygen atoms in total. The summed E-state index contributed by atoms with van der Waals surface area (Å²) in [5.74, 6) is 1.65. The average Bonchev–Trinajstić information content (AvgIpc) is 2.74. The van der Waals surface area contributed by atoms with E-state index in [4.69, 9.17) is 5.73 Å². The Balaban J connectivity index is 1.94. The molecule has 2 fully saturated rings. The number of carbonyl (C=O) groups excluding carboxylic acids is 1. The summed E-state index contributed by atoms with van der Waals surface area (Å²) < 4.78 is 0. The molecule has 0 bridgehead atoms. The zero-order valence-electron chi connectivity index (χ0n) is 12.8. The minimum atomic E-state index is -0.0468. The van der Waals surface area contributed by atoms with Gasteiger partial charge in [0, 0.05) is 25.0 Å². The van der Waals surface area contributed by atoms with Crippen LogP contribution in [0.4, 0.5) is 0 Å². The molecule has 0 heterocycles. The van der Waals surface area contributed by atoms with Crippen LogP contribution in [-0.4, -0.2) is 30.4 Å². The van der Waals surface area contributed by atoms with Crippen LogP contribution in [-0.2, 0) is 4.79 Å². The van der Waals surface area contributed by atoms with Crippen molar-refractivity contribution in [2.45, 2.75) is 64.8 Å². The second-order valence-corrected chi connectivity index (χ2v) is 7.37. The van der Waals surface area contributed by atoms with Gasteiger partial charge in [0.2, 0.25) is 5.91 Å². The van der Waals surface area contributed by atoms with E-state index in [1.54, 1.807) is 0 Å². The minimum absolute atomic E-state index is 0.0468. The highest BCUT2D eigenvalue weighted by Gasteiger charge is 2.43. The number of amides is 1. The summed E-state index contributed by atoms with van der Waals surface area (Å²) in [5.41, 5.74) is 5.78. The lowest BCUT2D eigenvalue weighted by Gasteiger charge is -2.39. The molecular weight excluding hydrogens is 236 g/mol. The van der Waals surface area contributed by atoms with Crippen LogP contribution >= 0.6 is 0 Å². The molecule has 0 spiro atoms. The molecule has 0 radical (unpaired) electrons. The molecule has 2 aliphatic carbocycles. The minimum Gasteiger partial charge on any atom is -0.345 e. The molecule has 2 N–H and O–H groups in total. The van der Waals surface area contributed by atoms with Gasteiger partial charge in [-0.25, -0.2) is 0 Å². The number of hydrogen-bond acceptors (Lipinski definition) is 2. The fourth-order valence-corrected chi connectivity index (χ4v) is 4.15. The monoisotopic (exact) mass is 266 g/mol. The van der Waals surface area contributed by atoms with E-state index in [1.165, 1.54) is 12.8 Å². The molecule has 0 aromatic carbocycles. The third kappa shape index (κ3) is 3.31. The van der Waals surface area contributed by atoms with Crippen LogP contribution < -0.4 is 5.73 Å². The van der Waals surface area contributed by atoms with Crippen molar-refractivity contribution in [3.63, 3.8) is 0 Å². The van der Waals surface area contributed by atoms with Crippen molar-refractivity contribution in [1.82, 2.24) is 4.90 Å². The van der Waals surface area contributed by atoms with Crippen molar-refractivity contribution in [1.29, 1.82) is 0 Å². The van der Waals surface area contributed by atoms with Crippen LogP contribution in [0.25, 0.3) is 0 Å². The van der Waals surface area contributed by atoms with Crippen LogP contribution in [0.1, 0.15) is 58.8 Å². The van der Waals surface area contributed by atoms with E-state index in [0.29, 0.717) is 23.8 Å². The Labute approximate surface area is 117 Å².